The minimum absolute atomic E-state index is 0.352. The number of rotatable bonds is 8. The average Bonchev–Trinajstić information content (AvgIpc) is 3.23. The molecule has 0 spiro atoms. The van der Waals surface area contributed by atoms with Gasteiger partial charge in [-0.05, 0) is 18.1 Å². The summed E-state index contributed by atoms with van der Waals surface area (Å²) in [4.78, 5) is 45.0. The molecule has 2 aliphatic heterocycles. The highest BCUT2D eigenvalue weighted by Gasteiger charge is 2.54. The van der Waals surface area contributed by atoms with E-state index < -0.39 is 54.1 Å². The maximum Gasteiger partial charge on any atom is 0.490 e. The zero-order valence-electron chi connectivity index (χ0n) is 19.8. The lowest BCUT2D eigenvalue weighted by atomic mass is 9.96. The second-order valence-electron chi connectivity index (χ2n) is 8.97. The molecule has 1 fully saturated rings. The lowest BCUT2D eigenvalue weighted by Gasteiger charge is -2.27. The first-order valence-corrected chi connectivity index (χ1v) is 15.6. The van der Waals surface area contributed by atoms with Crippen LogP contribution in [0.2, 0.25) is 0 Å². The van der Waals surface area contributed by atoms with Crippen molar-refractivity contribution < 1.29 is 61.4 Å². The molecule has 0 saturated carbocycles. The first-order valence-electron chi connectivity index (χ1n) is 11.1. The van der Waals surface area contributed by atoms with Crippen LogP contribution in [-0.2, 0) is 38.1 Å². The normalized spacial score (nSPS) is 27.8. The smallest absolute Gasteiger partial charge is 0.387 e. The van der Waals surface area contributed by atoms with E-state index in [0.717, 1.165) is 16.7 Å². The molecule has 6 atom stereocenters. The molecule has 20 heteroatoms. The molecule has 3 aromatic rings. The second-order valence-corrected chi connectivity index (χ2v) is 13.4. The monoisotopic (exact) mass is 608 g/mol. The van der Waals surface area contributed by atoms with Gasteiger partial charge in [0.05, 0.1) is 12.0 Å². The number of phosphoric ester groups is 1. The molecule has 3 unspecified atom stereocenters. The van der Waals surface area contributed by atoms with Gasteiger partial charge in [0, 0.05) is 18.3 Å². The zero-order chi connectivity index (χ0) is 28.4. The van der Waals surface area contributed by atoms with Gasteiger partial charge in [0.25, 0.3) is 0 Å². The number of nitrogens with one attached hydrogen (secondary N) is 1. The van der Waals surface area contributed by atoms with Gasteiger partial charge in [-0.15, -0.1) is 0 Å². The molecule has 1 aromatic carbocycles. The molecule has 1 saturated heterocycles. The summed E-state index contributed by atoms with van der Waals surface area (Å²) in [7, 11) is -16.8. The van der Waals surface area contributed by atoms with Crippen LogP contribution in [-0.4, -0.2) is 68.7 Å². The van der Waals surface area contributed by atoms with Crippen LogP contribution in [0.1, 0.15) is 18.7 Å². The van der Waals surface area contributed by atoms with Crippen LogP contribution in [0.4, 0.5) is 5.82 Å². The number of aromatic nitrogens is 3. The van der Waals surface area contributed by atoms with Gasteiger partial charge in [0.2, 0.25) is 0 Å². The van der Waals surface area contributed by atoms with Crippen LogP contribution in [0.25, 0.3) is 22.2 Å². The van der Waals surface area contributed by atoms with Gasteiger partial charge in [0.1, 0.15) is 35.6 Å². The number of phosphoric acid groups is 3. The standard InChI is InChI=1S/C19H23N4O13P3/c1-19(25)15(24)13(8-33-38(29,30)36-39(31,32)35-37(26,27)28)34-18(19)23-7-12-11-5-3-2-4-10(11)6-20-16-14(12)17(23)22-9-21-16/h2-5,7,9,13,15,18,24-25H,6,8H2,1H3,(H,29,30)(H,31,32)(H,20,21,22)(H2,26,27,28)/t13?,15-,18-,19-/m1/s1. The number of ether oxygens (including phenoxy) is 1. The number of nitrogens with zero attached hydrogens (tertiary/aromatic N) is 3. The van der Waals surface area contributed by atoms with Crippen LogP contribution in [0, 0.1) is 0 Å². The number of aliphatic hydroxyl groups is 2. The van der Waals surface area contributed by atoms with Crippen LogP contribution in [0.3, 0.4) is 0 Å². The average molecular weight is 608 g/mol. The largest absolute Gasteiger partial charge is 0.490 e. The van der Waals surface area contributed by atoms with Crippen molar-refractivity contribution >= 4 is 40.3 Å². The van der Waals surface area contributed by atoms with E-state index in [2.05, 4.69) is 28.4 Å². The lowest BCUT2D eigenvalue weighted by Crippen LogP contribution is -2.44. The van der Waals surface area contributed by atoms with Crippen molar-refractivity contribution in [2.75, 3.05) is 11.9 Å². The molecule has 5 rings (SSSR count). The minimum atomic E-state index is -5.73. The number of fused-ring (bicyclic) bond motifs is 2. The second kappa shape index (κ2) is 9.79. The summed E-state index contributed by atoms with van der Waals surface area (Å²) in [5.41, 5.74) is 0.930. The van der Waals surface area contributed by atoms with Crippen molar-refractivity contribution in [2.24, 2.45) is 0 Å². The molecule has 2 aliphatic rings. The van der Waals surface area contributed by atoms with E-state index in [-0.39, 0.29) is 0 Å². The number of aliphatic hydroxyl groups excluding tert-OH is 1. The summed E-state index contributed by atoms with van der Waals surface area (Å²) in [5.74, 6) is 0.535. The predicted octanol–water partition coefficient (Wildman–Crippen LogP) is 1.38. The molecule has 17 nitrogen and oxygen atoms in total. The molecule has 4 heterocycles. The SMILES string of the molecule is C[C@@]1(O)[C@H](O)C(COP(=O)(O)OP(=O)(O)OP(=O)(O)O)O[C@H]1n1cc2c3c(ncnc31)NCc1ccccc1-2. The minimum Gasteiger partial charge on any atom is -0.387 e. The Kier molecular flexibility index (Phi) is 7.14. The van der Waals surface area contributed by atoms with Gasteiger partial charge in [-0.2, -0.15) is 8.62 Å². The molecule has 0 bridgehead atoms. The molecule has 39 heavy (non-hydrogen) atoms. The number of hydrogen-bond donors (Lipinski definition) is 7. The van der Waals surface area contributed by atoms with E-state index in [1.165, 1.54) is 17.8 Å². The van der Waals surface area contributed by atoms with Crippen LogP contribution in [0.5, 0.6) is 0 Å². The third-order valence-electron chi connectivity index (χ3n) is 6.19. The molecule has 0 aliphatic carbocycles. The van der Waals surface area contributed by atoms with Gasteiger partial charge in [-0.3, -0.25) is 4.52 Å². The summed E-state index contributed by atoms with van der Waals surface area (Å²) < 4.78 is 53.7. The number of anilines is 1. The summed E-state index contributed by atoms with van der Waals surface area (Å²) in [6.07, 6.45) is -1.50. The predicted molar refractivity (Wildman–Crippen MR) is 131 cm³/mol. The van der Waals surface area contributed by atoms with Gasteiger partial charge < -0.3 is 44.4 Å². The number of benzene rings is 1. The Labute approximate surface area is 219 Å². The molecule has 0 radical (unpaired) electrons. The highest BCUT2D eigenvalue weighted by Crippen LogP contribution is 2.66. The van der Waals surface area contributed by atoms with E-state index in [1.807, 2.05) is 24.3 Å². The summed E-state index contributed by atoms with van der Waals surface area (Å²) >= 11 is 0. The lowest BCUT2D eigenvalue weighted by molar-refractivity contribution is -0.0946. The van der Waals surface area contributed by atoms with Crippen molar-refractivity contribution in [3.63, 3.8) is 0 Å². The van der Waals surface area contributed by atoms with E-state index in [4.69, 9.17) is 14.5 Å². The van der Waals surface area contributed by atoms with Gasteiger partial charge in [-0.25, -0.2) is 23.7 Å². The fourth-order valence-electron chi connectivity index (χ4n) is 4.57. The van der Waals surface area contributed by atoms with Crippen LogP contribution >= 0.6 is 23.5 Å². The van der Waals surface area contributed by atoms with E-state index in [1.54, 1.807) is 6.20 Å². The van der Waals surface area contributed by atoms with Crippen molar-refractivity contribution in [1.29, 1.82) is 0 Å². The third-order valence-corrected chi connectivity index (χ3v) is 9.99. The molecular weight excluding hydrogens is 585 g/mol. The van der Waals surface area contributed by atoms with E-state index >= 15 is 0 Å². The third kappa shape index (κ3) is 5.60. The Hall–Kier alpha value is -2.07. The van der Waals surface area contributed by atoms with Gasteiger partial charge in [0.15, 0.2) is 6.23 Å². The molecular formula is C19H23N4O13P3. The van der Waals surface area contributed by atoms with Gasteiger partial charge in [-0.1, -0.05) is 24.3 Å². The molecule has 212 valence electrons. The maximum absolute atomic E-state index is 12.1. The Morgan fingerprint density at radius 2 is 1.82 bits per heavy atom. The fraction of sp³-hybridized carbons (Fsp3) is 0.368. The highest BCUT2D eigenvalue weighted by atomic mass is 31.3. The topological polar surface area (TPSA) is 252 Å². The summed E-state index contributed by atoms with van der Waals surface area (Å²) in [5, 5.41) is 25.9. The maximum atomic E-state index is 12.1. The first-order chi connectivity index (χ1) is 18.1. The van der Waals surface area contributed by atoms with Gasteiger partial charge >= 0.3 is 23.5 Å². The van der Waals surface area contributed by atoms with Crippen molar-refractivity contribution in [2.45, 2.75) is 37.5 Å². The van der Waals surface area contributed by atoms with Crippen LogP contribution < -0.4 is 5.32 Å². The Bertz CT molecular complexity index is 1570. The van der Waals surface area contributed by atoms with Crippen molar-refractivity contribution in [3.8, 4) is 11.1 Å². The van der Waals surface area contributed by atoms with Crippen molar-refractivity contribution in [3.05, 3.63) is 42.4 Å². The molecule has 0 amide bonds. The number of hydrogen-bond acceptors (Lipinski definition) is 12. The Morgan fingerprint density at radius 1 is 1.10 bits per heavy atom. The highest BCUT2D eigenvalue weighted by molar-refractivity contribution is 7.66. The van der Waals surface area contributed by atoms with Crippen molar-refractivity contribution in [1.82, 2.24) is 14.5 Å². The first kappa shape index (κ1) is 28.5. The van der Waals surface area contributed by atoms with E-state index in [0.29, 0.717) is 23.4 Å². The van der Waals surface area contributed by atoms with E-state index in [9.17, 15) is 33.7 Å². The Balaban J connectivity index is 1.42. The zero-order valence-corrected chi connectivity index (χ0v) is 22.5. The fourth-order valence-corrected chi connectivity index (χ4v) is 7.60. The quantitative estimate of drug-likeness (QED) is 0.178. The Morgan fingerprint density at radius 3 is 2.54 bits per heavy atom. The molecule has 2 aromatic heterocycles. The summed E-state index contributed by atoms with van der Waals surface area (Å²) in [6.45, 7) is 0.822. The molecule has 7 N–H and O–H groups in total. The van der Waals surface area contributed by atoms with Crippen LogP contribution in [0.15, 0.2) is 36.8 Å². The summed E-state index contributed by atoms with van der Waals surface area (Å²) in [6, 6.07) is 7.60.